The summed E-state index contributed by atoms with van der Waals surface area (Å²) in [5.74, 6) is -0.125. The van der Waals surface area contributed by atoms with Crippen LogP contribution in [0.15, 0.2) is 24.4 Å². The maximum absolute atomic E-state index is 13.3. The number of aromatic nitrogens is 3. The first-order chi connectivity index (χ1) is 7.65. The Morgan fingerprint density at radius 2 is 2.25 bits per heavy atom. The monoisotopic (exact) mass is 221 g/mol. The molecular formula is C11H12FN3O. The smallest absolute Gasteiger partial charge is 0.165 e. The van der Waals surface area contributed by atoms with Crippen LogP contribution in [-0.4, -0.2) is 15.0 Å². The molecule has 2 aromatic rings. The fraction of sp³-hybridized carbons (Fsp3) is 0.273. The summed E-state index contributed by atoms with van der Waals surface area (Å²) in [4.78, 5) is 0. The molecule has 0 amide bonds. The fourth-order valence-electron chi connectivity index (χ4n) is 1.33. The van der Waals surface area contributed by atoms with Gasteiger partial charge in [-0.25, -0.2) is 4.39 Å². The molecule has 0 aliphatic rings. The van der Waals surface area contributed by atoms with Crippen molar-refractivity contribution in [1.29, 1.82) is 0 Å². The molecule has 1 aromatic heterocycles. The molecule has 2 rings (SSSR count). The molecule has 0 fully saturated rings. The van der Waals surface area contributed by atoms with E-state index in [-0.39, 0.29) is 18.2 Å². The van der Waals surface area contributed by atoms with E-state index in [2.05, 4.69) is 10.3 Å². The Morgan fingerprint density at radius 1 is 1.44 bits per heavy atom. The van der Waals surface area contributed by atoms with Crippen LogP contribution >= 0.6 is 0 Å². The zero-order valence-corrected chi connectivity index (χ0v) is 9.14. The number of hydrogen-bond acceptors (Lipinski definition) is 3. The van der Waals surface area contributed by atoms with Gasteiger partial charge in [-0.3, -0.25) is 4.68 Å². The van der Waals surface area contributed by atoms with Crippen LogP contribution in [0.4, 0.5) is 4.39 Å². The molecule has 1 aromatic carbocycles. The lowest BCUT2D eigenvalue weighted by molar-refractivity contribution is 0.285. The number of ether oxygens (including phenoxy) is 1. The number of aryl methyl sites for hydroxylation is 2. The predicted octanol–water partition coefficient (Wildman–Crippen LogP) is 1.84. The molecule has 1 heterocycles. The van der Waals surface area contributed by atoms with Gasteiger partial charge in [0.1, 0.15) is 12.3 Å². The second-order valence-electron chi connectivity index (χ2n) is 3.61. The van der Waals surface area contributed by atoms with Gasteiger partial charge in [-0.05, 0) is 24.6 Å². The molecule has 0 radical (unpaired) electrons. The molecule has 0 aliphatic heterocycles. The van der Waals surface area contributed by atoms with Crippen molar-refractivity contribution in [3.05, 3.63) is 41.5 Å². The van der Waals surface area contributed by atoms with Crippen molar-refractivity contribution in [2.75, 3.05) is 0 Å². The lowest BCUT2D eigenvalue weighted by Gasteiger charge is -2.05. The number of halogens is 1. The zero-order valence-electron chi connectivity index (χ0n) is 9.14. The highest BCUT2D eigenvalue weighted by molar-refractivity contribution is 5.29. The highest BCUT2D eigenvalue weighted by Crippen LogP contribution is 2.19. The molecule has 16 heavy (non-hydrogen) atoms. The van der Waals surface area contributed by atoms with Crippen LogP contribution in [0.1, 0.15) is 11.3 Å². The molecule has 4 nitrogen and oxygen atoms in total. The third-order valence-electron chi connectivity index (χ3n) is 2.11. The molecule has 5 heteroatoms. The molecular weight excluding hydrogens is 209 g/mol. The van der Waals surface area contributed by atoms with Gasteiger partial charge in [0, 0.05) is 7.05 Å². The van der Waals surface area contributed by atoms with Crippen LogP contribution in [0.3, 0.4) is 0 Å². The molecule has 0 N–H and O–H groups in total. The quantitative estimate of drug-likeness (QED) is 0.794. The maximum atomic E-state index is 13.3. The molecule has 0 saturated heterocycles. The van der Waals surface area contributed by atoms with Gasteiger partial charge in [-0.2, -0.15) is 0 Å². The van der Waals surface area contributed by atoms with Gasteiger partial charge < -0.3 is 4.74 Å². The van der Waals surface area contributed by atoms with Crippen LogP contribution in [0.25, 0.3) is 0 Å². The average molecular weight is 221 g/mol. The Labute approximate surface area is 92.7 Å². The van der Waals surface area contributed by atoms with Gasteiger partial charge in [0.2, 0.25) is 0 Å². The molecule has 0 spiro atoms. The highest BCUT2D eigenvalue weighted by atomic mass is 19.1. The Kier molecular flexibility index (Phi) is 2.85. The molecule has 84 valence electrons. The summed E-state index contributed by atoms with van der Waals surface area (Å²) in [6, 6.07) is 4.75. The first-order valence-electron chi connectivity index (χ1n) is 4.89. The van der Waals surface area contributed by atoms with Crippen molar-refractivity contribution < 1.29 is 9.13 Å². The van der Waals surface area contributed by atoms with Crippen molar-refractivity contribution in [1.82, 2.24) is 15.0 Å². The van der Waals surface area contributed by atoms with E-state index in [4.69, 9.17) is 4.74 Å². The van der Waals surface area contributed by atoms with E-state index < -0.39 is 0 Å². The summed E-state index contributed by atoms with van der Waals surface area (Å²) in [6.45, 7) is 2.10. The van der Waals surface area contributed by atoms with Crippen LogP contribution in [0.2, 0.25) is 0 Å². The maximum Gasteiger partial charge on any atom is 0.165 e. The summed E-state index contributed by atoms with van der Waals surface area (Å²) in [7, 11) is 1.77. The zero-order chi connectivity index (χ0) is 11.5. The SMILES string of the molecule is Cc1ccc(F)c(OCc2cn(C)nn2)c1. The Hall–Kier alpha value is -1.91. The van der Waals surface area contributed by atoms with Gasteiger partial charge in [0.25, 0.3) is 0 Å². The van der Waals surface area contributed by atoms with Gasteiger partial charge in [0.05, 0.1) is 6.20 Å². The molecule has 0 unspecified atom stereocenters. The minimum absolute atomic E-state index is 0.216. The third-order valence-corrected chi connectivity index (χ3v) is 2.11. The molecule has 0 saturated carbocycles. The predicted molar refractivity (Wildman–Crippen MR) is 56.5 cm³/mol. The summed E-state index contributed by atoms with van der Waals surface area (Å²) in [5.41, 5.74) is 1.62. The number of hydrogen-bond donors (Lipinski definition) is 0. The number of rotatable bonds is 3. The highest BCUT2D eigenvalue weighted by Gasteiger charge is 2.05. The van der Waals surface area contributed by atoms with E-state index in [0.717, 1.165) is 5.56 Å². The van der Waals surface area contributed by atoms with Gasteiger partial charge in [0.15, 0.2) is 11.6 Å². The van der Waals surface area contributed by atoms with E-state index in [9.17, 15) is 4.39 Å². The third kappa shape index (κ3) is 2.36. The van der Waals surface area contributed by atoms with Crippen LogP contribution < -0.4 is 4.74 Å². The number of nitrogens with zero attached hydrogens (tertiary/aromatic N) is 3. The molecule has 0 atom stereocenters. The van der Waals surface area contributed by atoms with E-state index in [1.165, 1.54) is 6.07 Å². The largest absolute Gasteiger partial charge is 0.484 e. The lowest BCUT2D eigenvalue weighted by Crippen LogP contribution is -1.98. The standard InChI is InChI=1S/C11H12FN3O/c1-8-3-4-10(12)11(5-8)16-7-9-6-15(2)14-13-9/h3-6H,7H2,1-2H3. The summed E-state index contributed by atoms with van der Waals surface area (Å²) in [5, 5.41) is 7.61. The first-order valence-corrected chi connectivity index (χ1v) is 4.89. The van der Waals surface area contributed by atoms with Crippen molar-refractivity contribution in [3.8, 4) is 5.75 Å². The summed E-state index contributed by atoms with van der Waals surface area (Å²) < 4.78 is 20.2. The van der Waals surface area contributed by atoms with Gasteiger partial charge in [-0.1, -0.05) is 11.3 Å². The topological polar surface area (TPSA) is 39.9 Å². The minimum atomic E-state index is -0.366. The summed E-state index contributed by atoms with van der Waals surface area (Å²) in [6.07, 6.45) is 1.73. The van der Waals surface area contributed by atoms with Crippen molar-refractivity contribution in [3.63, 3.8) is 0 Å². The second-order valence-corrected chi connectivity index (χ2v) is 3.61. The Morgan fingerprint density at radius 3 is 2.94 bits per heavy atom. The van der Waals surface area contributed by atoms with Crippen molar-refractivity contribution in [2.45, 2.75) is 13.5 Å². The first kappa shape index (κ1) is 10.6. The molecule has 0 aliphatic carbocycles. The Balaban J connectivity index is 2.07. The van der Waals surface area contributed by atoms with Gasteiger partial charge in [-0.15, -0.1) is 5.10 Å². The van der Waals surface area contributed by atoms with E-state index in [1.807, 2.05) is 6.92 Å². The van der Waals surface area contributed by atoms with Crippen molar-refractivity contribution in [2.24, 2.45) is 7.05 Å². The number of benzene rings is 1. The van der Waals surface area contributed by atoms with Crippen molar-refractivity contribution >= 4 is 0 Å². The second kappa shape index (κ2) is 4.30. The summed E-state index contributed by atoms with van der Waals surface area (Å²) >= 11 is 0. The van der Waals surface area contributed by atoms with E-state index >= 15 is 0 Å². The normalized spacial score (nSPS) is 10.4. The minimum Gasteiger partial charge on any atom is -0.484 e. The lowest BCUT2D eigenvalue weighted by atomic mass is 10.2. The van der Waals surface area contributed by atoms with E-state index in [0.29, 0.717) is 5.69 Å². The van der Waals surface area contributed by atoms with Crippen LogP contribution in [0, 0.1) is 12.7 Å². The fourth-order valence-corrected chi connectivity index (χ4v) is 1.33. The average Bonchev–Trinajstić information content (AvgIpc) is 2.66. The molecule has 0 bridgehead atoms. The van der Waals surface area contributed by atoms with Crippen LogP contribution in [0.5, 0.6) is 5.75 Å². The van der Waals surface area contributed by atoms with Gasteiger partial charge >= 0.3 is 0 Å². The van der Waals surface area contributed by atoms with Crippen LogP contribution in [-0.2, 0) is 13.7 Å². The Bertz CT molecular complexity index is 496. The van der Waals surface area contributed by atoms with E-state index in [1.54, 1.807) is 30.1 Å².